The van der Waals surface area contributed by atoms with Crippen LogP contribution in [0, 0.1) is 47.3 Å². The molecular formula is C32H52F4N8. The van der Waals surface area contributed by atoms with E-state index in [9.17, 15) is 17.6 Å². The van der Waals surface area contributed by atoms with Gasteiger partial charge in [0.15, 0.2) is 0 Å². The van der Waals surface area contributed by atoms with Crippen molar-refractivity contribution >= 4 is 0 Å². The molecule has 5 aliphatic heterocycles. The quantitative estimate of drug-likeness (QED) is 0.195. The molecule has 0 radical (unpaired) electrons. The van der Waals surface area contributed by atoms with Gasteiger partial charge in [0.1, 0.15) is 24.7 Å². The van der Waals surface area contributed by atoms with E-state index in [0.717, 1.165) is 25.7 Å². The molecule has 9 fully saturated rings. The zero-order valence-corrected chi connectivity index (χ0v) is 25.5. The first-order chi connectivity index (χ1) is 21.4. The molecule has 12 unspecified atom stereocenters. The lowest BCUT2D eigenvalue weighted by Crippen LogP contribution is -2.61. The normalized spacial score (nSPS) is 60.3. The van der Waals surface area contributed by atoms with Crippen LogP contribution < -0.4 is 42.5 Å². The van der Waals surface area contributed by atoms with Gasteiger partial charge in [0.25, 0.3) is 0 Å². The minimum absolute atomic E-state index is 0.00787. The molecule has 12 atom stereocenters. The van der Waals surface area contributed by atoms with Gasteiger partial charge in [0, 0.05) is 0 Å². The van der Waals surface area contributed by atoms with Gasteiger partial charge in [-0.15, -0.1) is 0 Å². The Balaban J connectivity index is 1.06. The first kappa shape index (κ1) is 29.5. The SMILES string of the molecule is FC1CCC2C3NC(NC4NC(NC5NC(NC6NC(N3)C3CC(F)CCC63)C3CC(F)CCC53)C3CC(F)CCC43)C2C1. The number of hydrogen-bond donors (Lipinski definition) is 8. The lowest BCUT2D eigenvalue weighted by molar-refractivity contribution is 0.101. The van der Waals surface area contributed by atoms with Gasteiger partial charge in [-0.25, -0.2) is 17.6 Å². The maximum absolute atomic E-state index is 14.9. The van der Waals surface area contributed by atoms with Crippen molar-refractivity contribution in [1.82, 2.24) is 42.5 Å². The molecule has 248 valence electrons. The van der Waals surface area contributed by atoms with Crippen LogP contribution in [0.15, 0.2) is 0 Å². The summed E-state index contributed by atoms with van der Waals surface area (Å²) < 4.78 is 59.6. The van der Waals surface area contributed by atoms with Crippen LogP contribution in [0.4, 0.5) is 17.6 Å². The monoisotopic (exact) mass is 624 g/mol. The van der Waals surface area contributed by atoms with Gasteiger partial charge < -0.3 is 0 Å². The fourth-order valence-corrected chi connectivity index (χ4v) is 11.8. The van der Waals surface area contributed by atoms with Crippen molar-refractivity contribution in [2.75, 3.05) is 0 Å². The summed E-state index contributed by atoms with van der Waals surface area (Å²) in [7, 11) is 0. The summed E-state index contributed by atoms with van der Waals surface area (Å²) >= 11 is 0. The average molecular weight is 625 g/mol. The van der Waals surface area contributed by atoms with E-state index in [2.05, 4.69) is 42.5 Å². The lowest BCUT2D eigenvalue weighted by Gasteiger charge is -2.36. The van der Waals surface area contributed by atoms with E-state index in [1.54, 1.807) is 0 Å². The smallest absolute Gasteiger partial charge is 0.101 e. The van der Waals surface area contributed by atoms with Crippen LogP contribution >= 0.6 is 0 Å². The zero-order chi connectivity index (χ0) is 29.7. The predicted octanol–water partition coefficient (Wildman–Crippen LogP) is 2.40. The molecule has 0 aromatic heterocycles. The molecule has 0 spiro atoms. The molecule has 5 heterocycles. The molecule has 8 N–H and O–H groups in total. The average Bonchev–Trinajstić information content (AvgIpc) is 3.71. The molecule has 9 rings (SSSR count). The molecule has 12 heteroatoms. The minimum Gasteiger partial charge on any atom is -0.286 e. The van der Waals surface area contributed by atoms with Crippen molar-refractivity contribution in [3.8, 4) is 0 Å². The van der Waals surface area contributed by atoms with E-state index in [1.807, 2.05) is 0 Å². The number of nitrogens with one attached hydrogen (secondary N) is 8. The second-order valence-corrected chi connectivity index (χ2v) is 16.1. The van der Waals surface area contributed by atoms with Crippen molar-refractivity contribution in [1.29, 1.82) is 0 Å². The Bertz CT molecular complexity index is 900. The Hall–Kier alpha value is -0.600. The number of hydrogen-bond acceptors (Lipinski definition) is 8. The summed E-state index contributed by atoms with van der Waals surface area (Å²) in [5.74, 6) is 1.72. The fraction of sp³-hybridized carbons (Fsp3) is 1.00. The van der Waals surface area contributed by atoms with E-state index < -0.39 is 24.7 Å². The lowest BCUT2D eigenvalue weighted by atomic mass is 9.75. The molecule has 0 aromatic carbocycles. The Labute approximate surface area is 258 Å². The van der Waals surface area contributed by atoms with E-state index in [-0.39, 0.29) is 96.7 Å². The fourth-order valence-electron chi connectivity index (χ4n) is 11.8. The molecule has 0 amide bonds. The van der Waals surface area contributed by atoms with Crippen LogP contribution in [-0.2, 0) is 0 Å². The summed E-state index contributed by atoms with van der Waals surface area (Å²) in [5, 5.41) is 31.1. The van der Waals surface area contributed by atoms with Gasteiger partial charge >= 0.3 is 0 Å². The molecule has 8 nitrogen and oxygen atoms in total. The Morgan fingerprint density at radius 1 is 0.250 bits per heavy atom. The summed E-state index contributed by atoms with van der Waals surface area (Å²) in [6, 6.07) is 0. The Kier molecular flexibility index (Phi) is 7.74. The second kappa shape index (κ2) is 11.5. The summed E-state index contributed by atoms with van der Waals surface area (Å²) in [6.07, 6.45) is 4.31. The third-order valence-corrected chi connectivity index (χ3v) is 13.9. The highest BCUT2D eigenvalue weighted by atomic mass is 19.1. The molecule has 9 aliphatic rings. The molecule has 0 aromatic rings. The maximum Gasteiger partial charge on any atom is 0.101 e. The third kappa shape index (κ3) is 5.07. The van der Waals surface area contributed by atoms with Gasteiger partial charge in [-0.3, -0.25) is 42.5 Å². The third-order valence-electron chi connectivity index (χ3n) is 13.9. The van der Waals surface area contributed by atoms with Crippen LogP contribution in [0.3, 0.4) is 0 Å². The van der Waals surface area contributed by atoms with Gasteiger partial charge in [0.05, 0.1) is 49.3 Å². The van der Waals surface area contributed by atoms with Gasteiger partial charge in [0.2, 0.25) is 0 Å². The van der Waals surface area contributed by atoms with Crippen LogP contribution in [0.1, 0.15) is 77.0 Å². The van der Waals surface area contributed by atoms with Crippen molar-refractivity contribution in [3.05, 3.63) is 0 Å². The highest BCUT2D eigenvalue weighted by Gasteiger charge is 2.56. The highest BCUT2D eigenvalue weighted by Crippen LogP contribution is 2.46. The standard InChI is InChI=1S/C32H52F4N8/c33-13-1-5-17-21(9-13)29-37-25(17)41-30-22-10-14(34)2-6-18(22)27(38-30)43-32-24-12-16(36)4-8-20(24)28(40-32)44-31-23-11-15(35)3-7-19(23)26(39-31)42-29/h13-32,37-44H,1-12H2. The Morgan fingerprint density at radius 2 is 0.432 bits per heavy atom. The van der Waals surface area contributed by atoms with Crippen molar-refractivity contribution in [3.63, 3.8) is 0 Å². The first-order valence-corrected chi connectivity index (χ1v) is 18.0. The first-order valence-electron chi connectivity index (χ1n) is 18.0. The van der Waals surface area contributed by atoms with E-state index >= 15 is 0 Å². The van der Waals surface area contributed by atoms with Gasteiger partial charge in [-0.05, 0) is 124 Å². The van der Waals surface area contributed by atoms with Crippen molar-refractivity contribution < 1.29 is 17.6 Å². The van der Waals surface area contributed by atoms with Crippen LogP contribution in [0.2, 0.25) is 0 Å². The van der Waals surface area contributed by atoms with E-state index in [1.165, 1.54) is 0 Å². The minimum atomic E-state index is -0.793. The van der Waals surface area contributed by atoms with Crippen LogP contribution in [0.25, 0.3) is 0 Å². The molecule has 5 saturated heterocycles. The topological polar surface area (TPSA) is 96.2 Å². The van der Waals surface area contributed by atoms with E-state index in [4.69, 9.17) is 0 Å². The Morgan fingerprint density at radius 3 is 0.636 bits per heavy atom. The van der Waals surface area contributed by atoms with Gasteiger partial charge in [-0.1, -0.05) is 0 Å². The number of halogens is 4. The number of rotatable bonds is 0. The molecular weight excluding hydrogens is 572 g/mol. The molecule has 8 bridgehead atoms. The highest BCUT2D eigenvalue weighted by molar-refractivity contribution is 5.09. The molecule has 44 heavy (non-hydrogen) atoms. The second-order valence-electron chi connectivity index (χ2n) is 16.1. The predicted molar refractivity (Wildman–Crippen MR) is 158 cm³/mol. The van der Waals surface area contributed by atoms with Gasteiger partial charge in [-0.2, -0.15) is 0 Å². The largest absolute Gasteiger partial charge is 0.286 e. The summed E-state index contributed by atoms with van der Waals surface area (Å²) in [5.41, 5.74) is 0. The zero-order valence-electron chi connectivity index (χ0n) is 25.5. The van der Waals surface area contributed by atoms with Crippen LogP contribution in [0.5, 0.6) is 0 Å². The van der Waals surface area contributed by atoms with E-state index in [0.29, 0.717) is 51.4 Å². The molecule has 4 saturated carbocycles. The summed E-state index contributed by atoms with van der Waals surface area (Å²) in [6.45, 7) is 0. The van der Waals surface area contributed by atoms with Crippen molar-refractivity contribution in [2.45, 2.75) is 151 Å². The van der Waals surface area contributed by atoms with Crippen LogP contribution in [-0.4, -0.2) is 74.0 Å². The summed E-state index contributed by atoms with van der Waals surface area (Å²) in [4.78, 5) is 0. The number of fused-ring (bicyclic) bond motifs is 20. The maximum atomic E-state index is 14.9. The molecule has 4 aliphatic carbocycles. The van der Waals surface area contributed by atoms with Crippen molar-refractivity contribution in [2.24, 2.45) is 47.3 Å². The number of alkyl halides is 4.